The summed E-state index contributed by atoms with van der Waals surface area (Å²) in [5.41, 5.74) is 1.13. The minimum Gasteiger partial charge on any atom is -0.302 e. The molecule has 3 amide bonds. The Balaban J connectivity index is 1.49. The lowest BCUT2D eigenvalue weighted by atomic mass is 9.78. The number of carbonyl (C=O) groups is 4. The van der Waals surface area contributed by atoms with E-state index in [1.807, 2.05) is 30.3 Å². The van der Waals surface area contributed by atoms with Crippen LogP contribution < -0.4 is 4.90 Å². The Kier molecular flexibility index (Phi) is 4.24. The number of carbonyl (C=O) groups excluding carboxylic acids is 4. The van der Waals surface area contributed by atoms with Crippen molar-refractivity contribution in [1.82, 2.24) is 9.88 Å². The van der Waals surface area contributed by atoms with Crippen molar-refractivity contribution in [3.05, 3.63) is 71.9 Å². The van der Waals surface area contributed by atoms with Crippen molar-refractivity contribution in [2.24, 2.45) is 0 Å². The molecule has 0 bridgehead atoms. The second kappa shape index (κ2) is 7.07. The Morgan fingerprint density at radius 2 is 1.61 bits per heavy atom. The molecule has 0 N–H and O–H groups in total. The number of ketones is 1. The van der Waals surface area contributed by atoms with Crippen molar-refractivity contribution in [1.29, 1.82) is 0 Å². The van der Waals surface area contributed by atoms with Crippen LogP contribution in [0.2, 0.25) is 0 Å². The number of para-hydroxylation sites is 1. The van der Waals surface area contributed by atoms with Gasteiger partial charge in [-0.25, -0.2) is 0 Å². The Bertz CT molecular complexity index is 1330. The SMILES string of the molecule is O=C1CCC[C@@]2(C1)C[C@H](N1C(=O)c3ccccc3C1=O)C(=O)N2c1cccc2cccnc12. The molecule has 0 radical (unpaired) electrons. The van der Waals surface area contributed by atoms with E-state index in [4.69, 9.17) is 0 Å². The van der Waals surface area contributed by atoms with Crippen LogP contribution in [0, 0.1) is 0 Å². The van der Waals surface area contributed by atoms with Gasteiger partial charge in [0.25, 0.3) is 17.7 Å². The molecule has 1 aliphatic carbocycles. The number of Topliss-reactive ketones (excluding diaryl/α,β-unsaturated/α-hetero) is 1. The highest BCUT2D eigenvalue weighted by Crippen LogP contribution is 2.47. The van der Waals surface area contributed by atoms with Gasteiger partial charge in [0.05, 0.1) is 27.9 Å². The maximum Gasteiger partial charge on any atom is 0.262 e. The highest BCUT2D eigenvalue weighted by molar-refractivity contribution is 6.24. The molecule has 1 saturated carbocycles. The van der Waals surface area contributed by atoms with Crippen molar-refractivity contribution in [3.8, 4) is 0 Å². The summed E-state index contributed by atoms with van der Waals surface area (Å²) in [5, 5.41) is 0.879. The van der Waals surface area contributed by atoms with Gasteiger partial charge < -0.3 is 4.90 Å². The van der Waals surface area contributed by atoms with E-state index in [9.17, 15) is 19.2 Å². The number of imide groups is 1. The van der Waals surface area contributed by atoms with E-state index in [0.717, 1.165) is 10.3 Å². The molecule has 1 saturated heterocycles. The van der Waals surface area contributed by atoms with E-state index in [2.05, 4.69) is 4.98 Å². The second-order valence-electron chi connectivity index (χ2n) is 9.07. The molecule has 164 valence electrons. The zero-order valence-corrected chi connectivity index (χ0v) is 17.9. The molecular weight excluding hydrogens is 418 g/mol. The first-order chi connectivity index (χ1) is 16.0. The average molecular weight is 439 g/mol. The van der Waals surface area contributed by atoms with Gasteiger partial charge in [0, 0.05) is 30.8 Å². The topological polar surface area (TPSA) is 87.7 Å². The van der Waals surface area contributed by atoms with Crippen LogP contribution in [-0.2, 0) is 9.59 Å². The standard InChI is InChI=1S/C26H21N3O4/c30-17-8-4-12-26(14-17)15-21(28-23(31)18-9-1-2-10-19(18)24(28)32)25(33)29(26)20-11-3-6-16-7-5-13-27-22(16)20/h1-3,5-7,9-11,13,21H,4,8,12,14-15H2/t21-,26+/m0/s1. The highest BCUT2D eigenvalue weighted by Gasteiger charge is 2.58. The third-order valence-corrected chi connectivity index (χ3v) is 7.17. The third kappa shape index (κ3) is 2.78. The van der Waals surface area contributed by atoms with Crippen molar-refractivity contribution in [2.75, 3.05) is 4.90 Å². The van der Waals surface area contributed by atoms with Gasteiger partial charge in [-0.3, -0.25) is 29.1 Å². The second-order valence-corrected chi connectivity index (χ2v) is 9.07. The molecule has 0 unspecified atom stereocenters. The number of hydrogen-bond donors (Lipinski definition) is 0. The highest BCUT2D eigenvalue weighted by atomic mass is 16.2. The molecule has 2 aliphatic heterocycles. The maximum atomic E-state index is 14.0. The van der Waals surface area contributed by atoms with Gasteiger partial charge in [0.15, 0.2) is 0 Å². The van der Waals surface area contributed by atoms with E-state index < -0.39 is 23.4 Å². The van der Waals surface area contributed by atoms with Crippen LogP contribution in [0.1, 0.15) is 52.8 Å². The smallest absolute Gasteiger partial charge is 0.262 e. The number of hydrogen-bond acceptors (Lipinski definition) is 5. The summed E-state index contributed by atoms with van der Waals surface area (Å²) in [4.78, 5) is 60.3. The quantitative estimate of drug-likeness (QED) is 0.570. The molecule has 6 rings (SSSR count). The Labute approximate surface area is 190 Å². The Hall–Kier alpha value is -3.87. The molecule has 3 heterocycles. The van der Waals surface area contributed by atoms with Gasteiger partial charge in [-0.1, -0.05) is 30.3 Å². The number of rotatable bonds is 2. The number of pyridine rings is 1. The molecule has 2 atom stereocenters. The first-order valence-electron chi connectivity index (χ1n) is 11.2. The lowest BCUT2D eigenvalue weighted by Crippen LogP contribution is -2.50. The molecule has 2 aromatic carbocycles. The summed E-state index contributed by atoms with van der Waals surface area (Å²) in [6.45, 7) is 0. The zero-order chi connectivity index (χ0) is 22.7. The summed E-state index contributed by atoms with van der Waals surface area (Å²) in [6, 6.07) is 15.1. The monoisotopic (exact) mass is 439 g/mol. The maximum absolute atomic E-state index is 14.0. The van der Waals surface area contributed by atoms with Crippen molar-refractivity contribution < 1.29 is 19.2 Å². The lowest BCUT2D eigenvalue weighted by molar-refractivity contribution is -0.122. The van der Waals surface area contributed by atoms with Crippen molar-refractivity contribution in [2.45, 2.75) is 43.7 Å². The van der Waals surface area contributed by atoms with E-state index >= 15 is 0 Å². The largest absolute Gasteiger partial charge is 0.302 e. The number of amides is 3. The average Bonchev–Trinajstić information content (AvgIpc) is 3.23. The molecule has 3 aromatic rings. The lowest BCUT2D eigenvalue weighted by Gasteiger charge is -2.40. The molecule has 1 aromatic heterocycles. The fraction of sp³-hybridized carbons (Fsp3) is 0.269. The van der Waals surface area contributed by atoms with Crippen LogP contribution in [0.4, 0.5) is 5.69 Å². The van der Waals surface area contributed by atoms with Gasteiger partial charge in [-0.2, -0.15) is 0 Å². The molecular formula is C26H21N3O4. The van der Waals surface area contributed by atoms with Crippen LogP contribution in [0.3, 0.4) is 0 Å². The number of nitrogens with zero attached hydrogens (tertiary/aromatic N) is 3. The van der Waals surface area contributed by atoms with Crippen LogP contribution in [0.25, 0.3) is 10.9 Å². The summed E-state index contributed by atoms with van der Waals surface area (Å²) >= 11 is 0. The van der Waals surface area contributed by atoms with Crippen molar-refractivity contribution >= 4 is 40.1 Å². The first-order valence-corrected chi connectivity index (χ1v) is 11.2. The van der Waals surface area contributed by atoms with Gasteiger partial charge >= 0.3 is 0 Å². The van der Waals surface area contributed by atoms with E-state index in [1.165, 1.54) is 0 Å². The Morgan fingerprint density at radius 1 is 0.879 bits per heavy atom. The van der Waals surface area contributed by atoms with Gasteiger partial charge in [0.2, 0.25) is 0 Å². The van der Waals surface area contributed by atoms with E-state index in [1.54, 1.807) is 35.4 Å². The number of anilines is 1. The van der Waals surface area contributed by atoms with E-state index in [0.29, 0.717) is 41.6 Å². The number of aromatic nitrogens is 1. The molecule has 7 heteroatoms. The molecule has 2 fully saturated rings. The predicted octanol–water partition coefficient (Wildman–Crippen LogP) is 3.52. The van der Waals surface area contributed by atoms with Crippen LogP contribution >= 0.6 is 0 Å². The molecule has 1 spiro atoms. The number of fused-ring (bicyclic) bond motifs is 2. The first kappa shape index (κ1) is 19.8. The normalized spacial score (nSPS) is 24.9. The summed E-state index contributed by atoms with van der Waals surface area (Å²) in [5.74, 6) is -1.15. The van der Waals surface area contributed by atoms with Gasteiger partial charge in [0.1, 0.15) is 11.8 Å². The fourth-order valence-corrected chi connectivity index (χ4v) is 5.78. The summed E-state index contributed by atoms with van der Waals surface area (Å²) in [7, 11) is 0. The van der Waals surface area contributed by atoms with Crippen LogP contribution in [-0.4, -0.2) is 45.0 Å². The minimum atomic E-state index is -0.956. The predicted molar refractivity (Wildman–Crippen MR) is 121 cm³/mol. The third-order valence-electron chi connectivity index (χ3n) is 7.17. The van der Waals surface area contributed by atoms with Gasteiger partial charge in [-0.15, -0.1) is 0 Å². The Morgan fingerprint density at radius 3 is 2.33 bits per heavy atom. The molecule has 33 heavy (non-hydrogen) atoms. The molecule has 3 aliphatic rings. The summed E-state index contributed by atoms with van der Waals surface area (Å²) in [6.07, 6.45) is 3.90. The van der Waals surface area contributed by atoms with Crippen molar-refractivity contribution in [3.63, 3.8) is 0 Å². The van der Waals surface area contributed by atoms with E-state index in [-0.39, 0.29) is 24.5 Å². The molecule has 7 nitrogen and oxygen atoms in total. The van der Waals surface area contributed by atoms with Crippen LogP contribution in [0.5, 0.6) is 0 Å². The summed E-state index contributed by atoms with van der Waals surface area (Å²) < 4.78 is 0. The van der Waals surface area contributed by atoms with Crippen LogP contribution in [0.15, 0.2) is 60.8 Å². The van der Waals surface area contributed by atoms with Gasteiger partial charge in [-0.05, 0) is 37.1 Å². The number of benzene rings is 2. The minimum absolute atomic E-state index is 0.0928. The zero-order valence-electron chi connectivity index (χ0n) is 17.9. The fourth-order valence-electron chi connectivity index (χ4n) is 5.78.